The van der Waals surface area contributed by atoms with Crippen molar-refractivity contribution >= 4 is 49.5 Å². The molecule has 0 atom stereocenters. The van der Waals surface area contributed by atoms with Crippen LogP contribution in [0.2, 0.25) is 0 Å². The molecule has 31 heavy (non-hydrogen) atoms. The van der Waals surface area contributed by atoms with Crippen molar-refractivity contribution in [3.8, 4) is 0 Å². The third-order valence-corrected chi connectivity index (χ3v) is 7.42. The van der Waals surface area contributed by atoms with E-state index in [1.807, 2.05) is 29.6 Å². The molecular weight excluding hydrogens is 422 g/mol. The van der Waals surface area contributed by atoms with E-state index in [9.17, 15) is 0 Å². The van der Waals surface area contributed by atoms with E-state index in [0.29, 0.717) is 11.9 Å². The largest absolute Gasteiger partial charge is 0.383 e. The first-order valence-electron chi connectivity index (χ1n) is 10.5. The Labute approximate surface area is 190 Å². The number of likely N-dealkylation sites (tertiary alicyclic amines) is 1. The maximum atomic E-state index is 6.13. The van der Waals surface area contributed by atoms with E-state index in [1.54, 1.807) is 22.7 Å². The molecule has 0 amide bonds. The second-order valence-electron chi connectivity index (χ2n) is 7.83. The van der Waals surface area contributed by atoms with Crippen LogP contribution in [0.3, 0.4) is 0 Å². The summed E-state index contributed by atoms with van der Waals surface area (Å²) in [5, 5.41) is 6.65. The quantitative estimate of drug-likeness (QED) is 0.304. The lowest BCUT2D eigenvalue weighted by Crippen LogP contribution is -2.38. The van der Waals surface area contributed by atoms with Crippen molar-refractivity contribution in [1.29, 1.82) is 0 Å². The summed E-state index contributed by atoms with van der Waals surface area (Å²) in [5.41, 5.74) is 9.32. The second-order valence-corrected chi connectivity index (χ2v) is 9.80. The van der Waals surface area contributed by atoms with Gasteiger partial charge in [0, 0.05) is 25.7 Å². The van der Waals surface area contributed by atoms with Gasteiger partial charge in [-0.1, -0.05) is 47.7 Å². The normalized spacial score (nSPS) is 16.1. The molecule has 3 heterocycles. The Morgan fingerprint density at radius 2 is 1.94 bits per heavy atom. The highest BCUT2D eigenvalue weighted by Crippen LogP contribution is 2.30. The summed E-state index contributed by atoms with van der Waals surface area (Å²) in [6, 6.07) is 21.3. The van der Waals surface area contributed by atoms with Crippen LogP contribution in [-0.2, 0) is 6.54 Å². The molecule has 1 aliphatic rings. The standard InChI is InChI=1S/C24H25N5S2/c25-23(22-7-4-14-30-22)26-19-8-9-21-20(15-19)28-24(31-21)27-18-10-12-29(13-11-18)16-17-5-2-1-3-6-17/h1-9,14-15,18H,10-13,16H2,(H2,25,26)(H,27,28). The summed E-state index contributed by atoms with van der Waals surface area (Å²) in [6.45, 7) is 3.25. The average Bonchev–Trinajstić information content (AvgIpc) is 3.45. The monoisotopic (exact) mass is 447 g/mol. The summed E-state index contributed by atoms with van der Waals surface area (Å²) in [7, 11) is 0. The van der Waals surface area contributed by atoms with Gasteiger partial charge < -0.3 is 11.1 Å². The number of aliphatic imine (C=N–C) groups is 1. The Morgan fingerprint density at radius 3 is 2.71 bits per heavy atom. The number of thiazole rings is 1. The second kappa shape index (κ2) is 9.18. The van der Waals surface area contributed by atoms with Crippen molar-refractivity contribution in [2.75, 3.05) is 18.4 Å². The number of amidine groups is 1. The fraction of sp³-hybridized carbons (Fsp3) is 0.250. The fourth-order valence-electron chi connectivity index (χ4n) is 3.92. The molecular formula is C24H25N5S2. The lowest BCUT2D eigenvalue weighted by molar-refractivity contribution is 0.211. The van der Waals surface area contributed by atoms with Gasteiger partial charge in [-0.25, -0.2) is 9.98 Å². The first-order chi connectivity index (χ1) is 15.2. The zero-order valence-corrected chi connectivity index (χ0v) is 18.8. The van der Waals surface area contributed by atoms with Crippen LogP contribution in [0.1, 0.15) is 23.3 Å². The van der Waals surface area contributed by atoms with Crippen LogP contribution in [0.15, 0.2) is 71.0 Å². The smallest absolute Gasteiger partial charge is 0.184 e. The number of nitrogens with two attached hydrogens (primary N) is 1. The predicted molar refractivity (Wildman–Crippen MR) is 133 cm³/mol. The van der Waals surface area contributed by atoms with Gasteiger partial charge in [-0.2, -0.15) is 0 Å². The number of anilines is 1. The van der Waals surface area contributed by atoms with Crippen LogP contribution in [0, 0.1) is 0 Å². The third-order valence-electron chi connectivity index (χ3n) is 5.56. The molecule has 5 rings (SSSR count). The van der Waals surface area contributed by atoms with Crippen molar-refractivity contribution in [2.45, 2.75) is 25.4 Å². The van der Waals surface area contributed by atoms with Gasteiger partial charge in [0.05, 0.1) is 20.8 Å². The van der Waals surface area contributed by atoms with Crippen molar-refractivity contribution in [1.82, 2.24) is 9.88 Å². The minimum atomic E-state index is 0.472. The molecule has 1 aliphatic heterocycles. The summed E-state index contributed by atoms with van der Waals surface area (Å²) < 4.78 is 1.16. The third kappa shape index (κ3) is 4.95. The molecule has 2 aromatic heterocycles. The molecule has 0 aliphatic carbocycles. The number of piperidine rings is 1. The first-order valence-corrected chi connectivity index (χ1v) is 12.2. The van der Waals surface area contributed by atoms with Crippen molar-refractivity contribution in [3.05, 3.63) is 76.5 Å². The number of thiophene rings is 1. The van der Waals surface area contributed by atoms with E-state index in [0.717, 1.165) is 58.4 Å². The van der Waals surface area contributed by atoms with Crippen molar-refractivity contribution in [2.24, 2.45) is 10.7 Å². The lowest BCUT2D eigenvalue weighted by Gasteiger charge is -2.32. The molecule has 5 nitrogen and oxygen atoms in total. The molecule has 7 heteroatoms. The number of hydrogen-bond acceptors (Lipinski definition) is 6. The van der Waals surface area contributed by atoms with Gasteiger partial charge in [0.1, 0.15) is 5.84 Å². The van der Waals surface area contributed by atoms with Gasteiger partial charge in [-0.05, 0) is 48.1 Å². The van der Waals surface area contributed by atoms with E-state index >= 15 is 0 Å². The van der Waals surface area contributed by atoms with E-state index in [2.05, 4.69) is 51.6 Å². The summed E-state index contributed by atoms with van der Waals surface area (Å²) in [5.74, 6) is 0.546. The maximum absolute atomic E-state index is 6.13. The van der Waals surface area contributed by atoms with Gasteiger partial charge in [0.2, 0.25) is 0 Å². The number of rotatable bonds is 6. The van der Waals surface area contributed by atoms with E-state index < -0.39 is 0 Å². The Hall–Kier alpha value is -2.74. The van der Waals surface area contributed by atoms with Crippen LogP contribution in [0.25, 0.3) is 10.2 Å². The molecule has 0 unspecified atom stereocenters. The highest BCUT2D eigenvalue weighted by molar-refractivity contribution is 7.22. The SMILES string of the molecule is NC(=Nc1ccc2sc(NC3CCN(Cc4ccccc4)CC3)nc2c1)c1cccs1. The van der Waals surface area contributed by atoms with E-state index in [4.69, 9.17) is 10.7 Å². The highest BCUT2D eigenvalue weighted by atomic mass is 32.1. The number of benzene rings is 2. The van der Waals surface area contributed by atoms with Gasteiger partial charge in [-0.15, -0.1) is 11.3 Å². The number of nitrogens with zero attached hydrogens (tertiary/aromatic N) is 3. The Bertz CT molecular complexity index is 1160. The van der Waals surface area contributed by atoms with Crippen LogP contribution in [0.4, 0.5) is 10.8 Å². The van der Waals surface area contributed by atoms with E-state index in [-0.39, 0.29) is 0 Å². The minimum absolute atomic E-state index is 0.472. The van der Waals surface area contributed by atoms with Gasteiger partial charge >= 0.3 is 0 Å². The van der Waals surface area contributed by atoms with Gasteiger partial charge in [0.25, 0.3) is 0 Å². The number of nitrogens with one attached hydrogen (secondary N) is 1. The topological polar surface area (TPSA) is 66.5 Å². The Kier molecular flexibility index (Phi) is 5.97. The van der Waals surface area contributed by atoms with Crippen LogP contribution >= 0.6 is 22.7 Å². The van der Waals surface area contributed by atoms with Crippen LogP contribution < -0.4 is 11.1 Å². The number of hydrogen-bond donors (Lipinski definition) is 2. The lowest BCUT2D eigenvalue weighted by atomic mass is 10.0. The minimum Gasteiger partial charge on any atom is -0.383 e. The number of aromatic nitrogens is 1. The Balaban J connectivity index is 1.21. The molecule has 2 aromatic carbocycles. The molecule has 1 fully saturated rings. The average molecular weight is 448 g/mol. The maximum Gasteiger partial charge on any atom is 0.184 e. The molecule has 1 saturated heterocycles. The first kappa shape index (κ1) is 20.2. The summed E-state index contributed by atoms with van der Waals surface area (Å²) in [4.78, 5) is 12.9. The van der Waals surface area contributed by atoms with Gasteiger partial charge in [0.15, 0.2) is 5.13 Å². The summed E-state index contributed by atoms with van der Waals surface area (Å²) in [6.07, 6.45) is 2.27. The molecule has 0 radical (unpaired) electrons. The molecule has 0 bridgehead atoms. The summed E-state index contributed by atoms with van der Waals surface area (Å²) >= 11 is 3.30. The zero-order chi connectivity index (χ0) is 21.0. The van der Waals surface area contributed by atoms with E-state index in [1.165, 1.54) is 5.56 Å². The predicted octanol–water partition coefficient (Wildman–Crippen LogP) is 5.47. The van der Waals surface area contributed by atoms with Crippen molar-refractivity contribution < 1.29 is 0 Å². The molecule has 0 spiro atoms. The fourth-order valence-corrected chi connectivity index (χ4v) is 5.47. The van der Waals surface area contributed by atoms with Gasteiger partial charge in [-0.3, -0.25) is 4.90 Å². The van der Waals surface area contributed by atoms with Crippen LogP contribution in [0.5, 0.6) is 0 Å². The number of fused-ring (bicyclic) bond motifs is 1. The molecule has 3 N–H and O–H groups in total. The van der Waals surface area contributed by atoms with Crippen LogP contribution in [-0.4, -0.2) is 34.9 Å². The molecule has 4 aromatic rings. The zero-order valence-electron chi connectivity index (χ0n) is 17.2. The molecule has 158 valence electrons. The van der Waals surface area contributed by atoms with Crippen molar-refractivity contribution in [3.63, 3.8) is 0 Å². The highest BCUT2D eigenvalue weighted by Gasteiger charge is 2.20. The molecule has 0 saturated carbocycles. The Morgan fingerprint density at radius 1 is 1.10 bits per heavy atom.